The number of amides is 2. The van der Waals surface area contributed by atoms with Crippen LogP contribution in [0.2, 0.25) is 0 Å². The Labute approximate surface area is 155 Å². The number of aryl methyl sites for hydroxylation is 2. The molecule has 1 aromatic heterocycles. The van der Waals surface area contributed by atoms with Gasteiger partial charge in [0.15, 0.2) is 11.5 Å². The Bertz CT molecular complexity index is 819. The first kappa shape index (κ1) is 19.5. The minimum Gasteiger partial charge on any atom is -0.451 e. The van der Waals surface area contributed by atoms with Gasteiger partial charge in [0, 0.05) is 5.69 Å². The molecule has 26 heavy (non-hydrogen) atoms. The number of hydrogen-bond acceptors (Lipinski definition) is 7. The average molecular weight is 376 g/mol. The van der Waals surface area contributed by atoms with E-state index in [1.54, 1.807) is 6.07 Å². The Morgan fingerprint density at radius 3 is 2.69 bits per heavy atom. The summed E-state index contributed by atoms with van der Waals surface area (Å²) in [5, 5.41) is 8.95. The molecule has 0 unspecified atom stereocenters. The van der Waals surface area contributed by atoms with Crippen LogP contribution >= 0.6 is 11.5 Å². The van der Waals surface area contributed by atoms with E-state index in [0.29, 0.717) is 17.8 Å². The lowest BCUT2D eigenvalue weighted by atomic mass is 10.1. The van der Waals surface area contributed by atoms with Crippen LogP contribution in [0.3, 0.4) is 0 Å². The lowest BCUT2D eigenvalue weighted by molar-refractivity contribution is -0.126. The molecule has 1 aromatic carbocycles. The highest BCUT2D eigenvalue weighted by Crippen LogP contribution is 2.17. The standard InChI is InChI=1S/C17H20N4O4S/c1-4-12-16(26-21-20-12)17(24)25-9-15(23)18-8-14(22)19-13-7-5-6-10(2)11(13)3/h5-7H,4,8-9H2,1-3H3,(H,18,23)(H,19,22). The minimum absolute atomic E-state index is 0.216. The number of anilines is 1. The molecule has 2 rings (SSSR count). The van der Waals surface area contributed by atoms with Gasteiger partial charge in [0.25, 0.3) is 5.91 Å². The number of aromatic nitrogens is 2. The van der Waals surface area contributed by atoms with Gasteiger partial charge in [-0.3, -0.25) is 9.59 Å². The van der Waals surface area contributed by atoms with Crippen LogP contribution in [0.25, 0.3) is 0 Å². The van der Waals surface area contributed by atoms with Crippen LogP contribution in [0.15, 0.2) is 18.2 Å². The van der Waals surface area contributed by atoms with E-state index in [0.717, 1.165) is 22.7 Å². The largest absolute Gasteiger partial charge is 0.451 e. The van der Waals surface area contributed by atoms with Crippen LogP contribution in [0.1, 0.15) is 33.4 Å². The fraction of sp³-hybridized carbons (Fsp3) is 0.353. The van der Waals surface area contributed by atoms with Gasteiger partial charge < -0.3 is 15.4 Å². The van der Waals surface area contributed by atoms with Crippen molar-refractivity contribution < 1.29 is 19.1 Å². The zero-order chi connectivity index (χ0) is 19.1. The molecule has 0 aliphatic rings. The van der Waals surface area contributed by atoms with Gasteiger partial charge in [-0.2, -0.15) is 0 Å². The van der Waals surface area contributed by atoms with Crippen molar-refractivity contribution >= 4 is 35.0 Å². The number of nitrogens with one attached hydrogen (secondary N) is 2. The van der Waals surface area contributed by atoms with Crippen molar-refractivity contribution in [2.45, 2.75) is 27.2 Å². The van der Waals surface area contributed by atoms with Crippen molar-refractivity contribution in [3.63, 3.8) is 0 Å². The molecule has 0 aliphatic heterocycles. The summed E-state index contributed by atoms with van der Waals surface area (Å²) in [4.78, 5) is 35.9. The Kier molecular flexibility index (Phi) is 6.79. The number of carbonyl (C=O) groups excluding carboxylic acids is 3. The third-order valence-corrected chi connectivity index (χ3v) is 4.48. The summed E-state index contributed by atoms with van der Waals surface area (Å²) in [5.74, 6) is -1.57. The Morgan fingerprint density at radius 1 is 1.19 bits per heavy atom. The molecule has 8 nitrogen and oxygen atoms in total. The van der Waals surface area contributed by atoms with Crippen molar-refractivity contribution in [3.8, 4) is 0 Å². The second kappa shape index (κ2) is 9.04. The van der Waals surface area contributed by atoms with Crippen molar-refractivity contribution in [2.75, 3.05) is 18.5 Å². The zero-order valence-corrected chi connectivity index (χ0v) is 15.6. The van der Waals surface area contributed by atoms with Gasteiger partial charge >= 0.3 is 5.97 Å². The number of nitrogens with zero attached hydrogens (tertiary/aromatic N) is 2. The highest BCUT2D eigenvalue weighted by molar-refractivity contribution is 7.07. The summed E-state index contributed by atoms with van der Waals surface area (Å²) >= 11 is 0.924. The topological polar surface area (TPSA) is 110 Å². The molecular formula is C17H20N4O4S. The Balaban J connectivity index is 1.77. The Hall–Kier alpha value is -2.81. The minimum atomic E-state index is -0.646. The molecule has 0 saturated carbocycles. The smallest absolute Gasteiger partial charge is 0.352 e. The molecule has 0 radical (unpaired) electrons. The second-order valence-corrected chi connectivity index (χ2v) is 6.30. The Morgan fingerprint density at radius 2 is 1.96 bits per heavy atom. The number of esters is 1. The van der Waals surface area contributed by atoms with E-state index in [1.165, 1.54) is 0 Å². The molecule has 0 bridgehead atoms. The maximum absolute atomic E-state index is 11.9. The number of ether oxygens (including phenoxy) is 1. The fourth-order valence-electron chi connectivity index (χ4n) is 2.10. The molecule has 0 aliphatic carbocycles. The highest BCUT2D eigenvalue weighted by Gasteiger charge is 2.18. The van der Waals surface area contributed by atoms with Gasteiger partial charge in [0.05, 0.1) is 12.2 Å². The first-order valence-electron chi connectivity index (χ1n) is 8.03. The van der Waals surface area contributed by atoms with E-state index in [2.05, 4.69) is 20.2 Å². The zero-order valence-electron chi connectivity index (χ0n) is 14.8. The van der Waals surface area contributed by atoms with Gasteiger partial charge in [-0.15, -0.1) is 5.10 Å². The monoisotopic (exact) mass is 376 g/mol. The van der Waals surface area contributed by atoms with Crippen LogP contribution in [-0.4, -0.2) is 40.5 Å². The molecule has 0 fully saturated rings. The summed E-state index contributed by atoms with van der Waals surface area (Å²) in [5.41, 5.74) is 3.25. The van der Waals surface area contributed by atoms with Gasteiger partial charge in [0.2, 0.25) is 5.91 Å². The molecule has 0 spiro atoms. The van der Waals surface area contributed by atoms with Gasteiger partial charge in [-0.25, -0.2) is 4.79 Å². The molecular weight excluding hydrogens is 356 g/mol. The van der Waals surface area contributed by atoms with Crippen molar-refractivity contribution in [2.24, 2.45) is 0 Å². The second-order valence-electron chi connectivity index (χ2n) is 5.55. The van der Waals surface area contributed by atoms with E-state index >= 15 is 0 Å². The predicted octanol–water partition coefficient (Wildman–Crippen LogP) is 1.63. The molecule has 2 amide bonds. The van der Waals surface area contributed by atoms with E-state index in [4.69, 9.17) is 4.74 Å². The molecule has 9 heteroatoms. The molecule has 0 atom stereocenters. The molecule has 0 saturated heterocycles. The van der Waals surface area contributed by atoms with Crippen LogP contribution in [0.5, 0.6) is 0 Å². The van der Waals surface area contributed by atoms with E-state index in [1.807, 2.05) is 32.9 Å². The third-order valence-electron chi connectivity index (χ3n) is 3.74. The highest BCUT2D eigenvalue weighted by atomic mass is 32.1. The van der Waals surface area contributed by atoms with Crippen LogP contribution < -0.4 is 10.6 Å². The number of carbonyl (C=O) groups is 3. The van der Waals surface area contributed by atoms with Crippen LogP contribution in [-0.2, 0) is 20.7 Å². The van der Waals surface area contributed by atoms with E-state index in [9.17, 15) is 14.4 Å². The van der Waals surface area contributed by atoms with Gasteiger partial charge in [-0.1, -0.05) is 23.5 Å². The lowest BCUT2D eigenvalue weighted by Crippen LogP contribution is -2.35. The van der Waals surface area contributed by atoms with Crippen LogP contribution in [0, 0.1) is 13.8 Å². The molecule has 2 aromatic rings. The summed E-state index contributed by atoms with van der Waals surface area (Å²) in [6, 6.07) is 5.58. The van der Waals surface area contributed by atoms with Crippen molar-refractivity contribution in [3.05, 3.63) is 39.9 Å². The van der Waals surface area contributed by atoms with Crippen molar-refractivity contribution in [1.29, 1.82) is 0 Å². The van der Waals surface area contributed by atoms with Crippen molar-refractivity contribution in [1.82, 2.24) is 14.9 Å². The lowest BCUT2D eigenvalue weighted by Gasteiger charge is -2.11. The van der Waals surface area contributed by atoms with E-state index in [-0.39, 0.29) is 17.3 Å². The first-order valence-corrected chi connectivity index (χ1v) is 8.80. The SMILES string of the molecule is CCc1nnsc1C(=O)OCC(=O)NCC(=O)Nc1cccc(C)c1C. The number of rotatable bonds is 7. The quantitative estimate of drug-likeness (QED) is 0.711. The van der Waals surface area contributed by atoms with Gasteiger partial charge in [-0.05, 0) is 49.0 Å². The first-order chi connectivity index (χ1) is 12.4. The number of benzene rings is 1. The summed E-state index contributed by atoms with van der Waals surface area (Å²) in [6.07, 6.45) is 0.547. The summed E-state index contributed by atoms with van der Waals surface area (Å²) in [6.45, 7) is 5.00. The number of hydrogen-bond donors (Lipinski definition) is 2. The molecule has 1 heterocycles. The molecule has 2 N–H and O–H groups in total. The fourth-order valence-corrected chi connectivity index (χ4v) is 2.75. The predicted molar refractivity (Wildman–Crippen MR) is 97.1 cm³/mol. The molecule has 138 valence electrons. The maximum atomic E-state index is 11.9. The maximum Gasteiger partial charge on any atom is 0.352 e. The summed E-state index contributed by atoms with van der Waals surface area (Å²) < 4.78 is 8.61. The average Bonchev–Trinajstić information content (AvgIpc) is 3.10. The van der Waals surface area contributed by atoms with Crippen LogP contribution in [0.4, 0.5) is 5.69 Å². The normalized spacial score (nSPS) is 10.3. The third kappa shape index (κ3) is 5.09. The van der Waals surface area contributed by atoms with Gasteiger partial charge in [0.1, 0.15) is 0 Å². The summed E-state index contributed by atoms with van der Waals surface area (Å²) in [7, 11) is 0. The van der Waals surface area contributed by atoms with E-state index < -0.39 is 18.5 Å².